The zero-order valence-electron chi connectivity index (χ0n) is 56.5. The van der Waals surface area contributed by atoms with Crippen LogP contribution in [0.1, 0.15) is 141 Å². The molecule has 13 rings (SSSR count). The Kier molecular flexibility index (Phi) is 19.2. The highest BCUT2D eigenvalue weighted by Gasteiger charge is 2.38. The molecule has 3 aromatic heterocycles. The lowest BCUT2D eigenvalue weighted by Gasteiger charge is -2.27. The number of hydrogen-bond donors (Lipinski definition) is 0. The monoisotopic (exact) mass is 1380 g/mol. The van der Waals surface area contributed by atoms with Gasteiger partial charge < -0.3 is 36.9 Å². The van der Waals surface area contributed by atoms with Gasteiger partial charge in [0.1, 0.15) is 28.4 Å². The van der Waals surface area contributed by atoms with Crippen molar-refractivity contribution in [3.63, 3.8) is 0 Å². The maximum absolute atomic E-state index is 16.1. The van der Waals surface area contributed by atoms with E-state index in [0.717, 1.165) is 93.0 Å². The Labute approximate surface area is 576 Å². The van der Waals surface area contributed by atoms with E-state index in [1.54, 1.807) is 77.9 Å². The van der Waals surface area contributed by atoms with Crippen molar-refractivity contribution in [1.29, 1.82) is 0 Å². The van der Waals surface area contributed by atoms with E-state index >= 15 is 13.9 Å². The van der Waals surface area contributed by atoms with E-state index in [2.05, 4.69) is 0 Å². The van der Waals surface area contributed by atoms with Crippen LogP contribution in [0, 0.1) is 25.7 Å². The smallest absolute Gasteiger partial charge is 0.448 e. The van der Waals surface area contributed by atoms with Crippen LogP contribution in [0.4, 0.5) is 30.7 Å². The van der Waals surface area contributed by atoms with Gasteiger partial charge in [-0.3, -0.25) is 19.4 Å². The number of para-hydroxylation sites is 1. The first-order valence-corrected chi connectivity index (χ1v) is 34.0. The lowest BCUT2D eigenvalue weighted by atomic mass is 9.87. The number of fused-ring (bicyclic) bond motifs is 2. The molecule has 3 aliphatic rings. The van der Waals surface area contributed by atoms with Crippen LogP contribution in [0.2, 0.25) is 0 Å². The third-order valence-electron chi connectivity index (χ3n) is 19.8. The first kappa shape index (κ1) is 69.2. The molecule has 1 aliphatic heterocycles. The second kappa shape index (κ2) is 28.1. The van der Waals surface area contributed by atoms with Gasteiger partial charge in [0.2, 0.25) is 0 Å². The number of pyridine rings is 1. The normalized spacial score (nSPS) is 15.4. The molecule has 0 saturated heterocycles. The molecule has 2 fully saturated rings. The number of alkyl halides is 6. The highest BCUT2D eigenvalue weighted by Crippen LogP contribution is 2.51. The zero-order valence-corrected chi connectivity index (χ0v) is 56.5. The first-order chi connectivity index (χ1) is 48.5. The number of carbonyl (C=O) groups is 3. The third kappa shape index (κ3) is 13.2. The SMILES string of the molecule is CCOC(=O)C1=C(C)/C(=C(\c2c(OCC3CCCCC3)cc(OC(=O)Cc3ccc(-n4c(=O)c5cc(-c6ccc(C(F)(F)F)cc6)c6oc7ccccc7c7c(-c8ccc(C(F)(F)F)cc8)cc(c4=O)c5c67)cc3)cc2OCC2CCCCC2)c2c(C)c(C(=O)OCC)c(C)n2BF)N=C1C. The highest BCUT2D eigenvalue weighted by atomic mass is 19.4. The van der Waals surface area contributed by atoms with Gasteiger partial charge >= 0.3 is 38.0 Å². The van der Waals surface area contributed by atoms with Crippen molar-refractivity contribution in [3.05, 3.63) is 204 Å². The summed E-state index contributed by atoms with van der Waals surface area (Å²) >= 11 is 0. The van der Waals surface area contributed by atoms with Crippen LogP contribution in [0.3, 0.4) is 0 Å². The fourth-order valence-corrected chi connectivity index (χ4v) is 14.9. The minimum Gasteiger partial charge on any atom is -0.492 e. The second-order valence-electron chi connectivity index (χ2n) is 26.2. The molecule has 10 aromatic rings. The number of benzene rings is 7. The zero-order chi connectivity index (χ0) is 71.3. The molecule has 0 bridgehead atoms. The van der Waals surface area contributed by atoms with Gasteiger partial charge in [-0.2, -0.15) is 26.3 Å². The molecule has 2 aliphatic carbocycles. The number of rotatable bonds is 19. The fourth-order valence-electron chi connectivity index (χ4n) is 14.9. The van der Waals surface area contributed by atoms with E-state index in [1.165, 1.54) is 65.1 Å². The number of aromatic nitrogens is 2. The predicted molar refractivity (Wildman–Crippen MR) is 375 cm³/mol. The topological polar surface area (TPSA) is 167 Å². The number of hydrogen-bond acceptors (Lipinski definition) is 12. The number of halogens is 7. The first-order valence-electron chi connectivity index (χ1n) is 34.0. The Bertz CT molecular complexity index is 5070. The van der Waals surface area contributed by atoms with Crippen molar-refractivity contribution in [2.45, 2.75) is 125 Å². The Hall–Kier alpha value is -10.2. The largest absolute Gasteiger partial charge is 0.492 e. The molecular formula is C79H71BF7N3O11. The lowest BCUT2D eigenvalue weighted by molar-refractivity contribution is -0.138. The number of aliphatic imine (C=N–C) groups is 1. The average molecular weight is 1380 g/mol. The number of nitrogens with zero attached hydrogens (tertiary/aromatic N) is 3. The summed E-state index contributed by atoms with van der Waals surface area (Å²) in [6, 6.07) is 27.6. The number of carbonyl (C=O) groups excluding carboxylic acids is 3. The summed E-state index contributed by atoms with van der Waals surface area (Å²) in [5.74, 6) is -1.37. The molecule has 4 heterocycles. The molecule has 520 valence electrons. The van der Waals surface area contributed by atoms with E-state index < -0.39 is 60.2 Å². The van der Waals surface area contributed by atoms with Crippen LogP contribution in [-0.2, 0) is 37.8 Å². The van der Waals surface area contributed by atoms with Crippen molar-refractivity contribution in [2.24, 2.45) is 16.8 Å². The molecule has 0 spiro atoms. The predicted octanol–water partition coefficient (Wildman–Crippen LogP) is 18.1. The van der Waals surface area contributed by atoms with Gasteiger partial charge in [0.15, 0.2) is 0 Å². The fraction of sp³-hybridized carbons (Fsp3) is 0.316. The molecule has 0 N–H and O–H groups in total. The van der Waals surface area contributed by atoms with Gasteiger partial charge in [-0.15, -0.1) is 0 Å². The summed E-state index contributed by atoms with van der Waals surface area (Å²) in [4.78, 5) is 78.0. The van der Waals surface area contributed by atoms with Crippen LogP contribution in [0.5, 0.6) is 17.2 Å². The van der Waals surface area contributed by atoms with Gasteiger partial charge in [-0.05, 0) is 167 Å². The van der Waals surface area contributed by atoms with Crippen LogP contribution < -0.4 is 25.3 Å². The van der Waals surface area contributed by atoms with Crippen LogP contribution in [0.25, 0.3) is 77.0 Å². The quantitative estimate of drug-likeness (QED) is 0.0189. The van der Waals surface area contributed by atoms with E-state index in [4.69, 9.17) is 33.1 Å². The Balaban J connectivity index is 0.932. The molecule has 14 nitrogen and oxygen atoms in total. The molecule has 101 heavy (non-hydrogen) atoms. The second-order valence-corrected chi connectivity index (χ2v) is 26.2. The van der Waals surface area contributed by atoms with Gasteiger partial charge in [-0.1, -0.05) is 93.1 Å². The summed E-state index contributed by atoms with van der Waals surface area (Å²) in [7, 11) is -1.09. The Morgan fingerprint density at radius 3 is 1.69 bits per heavy atom. The molecule has 0 radical (unpaired) electrons. The maximum atomic E-state index is 16.1. The van der Waals surface area contributed by atoms with Crippen LogP contribution in [-0.4, -0.2) is 66.8 Å². The minimum atomic E-state index is -4.68. The Morgan fingerprint density at radius 2 is 1.15 bits per heavy atom. The van der Waals surface area contributed by atoms with Crippen LogP contribution >= 0.6 is 0 Å². The number of ether oxygens (including phenoxy) is 5. The Morgan fingerprint density at radius 1 is 0.614 bits per heavy atom. The standard InChI is InChI=1S/C79H71BF7N3O11/c1-7-96-76(94)64-42(3)71(88-44(64)5)70(72-43(4)65(77(95)97-8-2)45(6)90(72)80-87)68-61(98-40-47-17-11-9-12-18-47)36-54(37-62(68)99-41-48-19-13-10-14-20-48)100-63(91)35-46-23-33-53(34-24-46)89-74(92)58-38-56(49-25-29-51(30-26-49)78(81,82)83)66-55-21-15-16-22-60(55)101-73-57(39-59(75(89)93)67(58)69(66)73)50-27-31-52(32-28-50)79(84,85)86/h15-16,21-34,36-39,47-48,80H,7-14,17-20,35,40-41H2,1-6H3/b71-70-. The lowest BCUT2D eigenvalue weighted by Crippen LogP contribution is -2.32. The van der Waals surface area contributed by atoms with Gasteiger partial charge in [0.05, 0.1) is 77.8 Å². The average Bonchev–Trinajstić information content (AvgIpc) is 1.39. The molecule has 0 atom stereocenters. The molecule has 7 aromatic carbocycles. The summed E-state index contributed by atoms with van der Waals surface area (Å²) in [5, 5.41) is 1.25. The number of esters is 3. The van der Waals surface area contributed by atoms with E-state index in [1.807, 2.05) is 0 Å². The molecule has 0 amide bonds. The summed E-state index contributed by atoms with van der Waals surface area (Å²) in [6.07, 6.45) is -0.0643. The van der Waals surface area contributed by atoms with Crippen molar-refractivity contribution >= 4 is 80.4 Å². The van der Waals surface area contributed by atoms with Gasteiger partial charge in [0, 0.05) is 67.0 Å². The van der Waals surface area contributed by atoms with Gasteiger partial charge in [0.25, 0.3) is 11.1 Å². The number of allylic oxidation sites excluding steroid dienone is 1. The van der Waals surface area contributed by atoms with Crippen molar-refractivity contribution in [3.8, 4) is 45.2 Å². The van der Waals surface area contributed by atoms with Crippen molar-refractivity contribution < 1.29 is 73.1 Å². The van der Waals surface area contributed by atoms with Crippen molar-refractivity contribution in [1.82, 2.24) is 9.05 Å². The maximum Gasteiger partial charge on any atom is 0.448 e. The third-order valence-corrected chi connectivity index (χ3v) is 19.8. The minimum absolute atomic E-state index is 0.0205. The van der Waals surface area contributed by atoms with Crippen molar-refractivity contribution in [2.75, 3.05) is 26.4 Å². The molecule has 22 heteroatoms. The summed E-state index contributed by atoms with van der Waals surface area (Å²) in [6.45, 7) is 10.7. The molecular weight excluding hydrogens is 1310 g/mol. The van der Waals surface area contributed by atoms with Crippen LogP contribution in [0.15, 0.2) is 157 Å². The van der Waals surface area contributed by atoms with E-state index in [9.17, 15) is 40.7 Å². The van der Waals surface area contributed by atoms with E-state index in [-0.39, 0.29) is 145 Å². The van der Waals surface area contributed by atoms with Gasteiger partial charge in [-0.25, -0.2) is 14.2 Å². The van der Waals surface area contributed by atoms with E-state index in [0.29, 0.717) is 49.9 Å². The highest BCUT2D eigenvalue weighted by molar-refractivity contribution is 6.32. The molecule has 2 saturated carbocycles. The summed E-state index contributed by atoms with van der Waals surface area (Å²) in [5.41, 5.74) is 1.21. The molecule has 0 unspecified atom stereocenters. The summed E-state index contributed by atoms with van der Waals surface area (Å²) < 4.78 is 141.